The third-order valence-electron chi connectivity index (χ3n) is 3.82. The number of anilines is 2. The molecule has 1 saturated carbocycles. The number of hydrogen-bond donors (Lipinski definition) is 3. The molecule has 0 bridgehead atoms. The first-order valence-electron chi connectivity index (χ1n) is 6.07. The number of benzene rings is 1. The van der Waals surface area contributed by atoms with Crippen LogP contribution >= 0.6 is 0 Å². The summed E-state index contributed by atoms with van der Waals surface area (Å²) in [5.41, 5.74) is 2.52. The van der Waals surface area contributed by atoms with E-state index in [4.69, 9.17) is 0 Å². The summed E-state index contributed by atoms with van der Waals surface area (Å²) in [5.74, 6) is 0. The molecule has 0 aromatic heterocycles. The van der Waals surface area contributed by atoms with Crippen molar-refractivity contribution in [3.8, 4) is 0 Å². The van der Waals surface area contributed by atoms with E-state index in [1.54, 1.807) is 0 Å². The van der Waals surface area contributed by atoms with Crippen LogP contribution in [0.2, 0.25) is 0 Å². The van der Waals surface area contributed by atoms with Gasteiger partial charge in [-0.25, -0.2) is 0 Å². The van der Waals surface area contributed by atoms with Crippen molar-refractivity contribution < 1.29 is 4.79 Å². The summed E-state index contributed by atoms with van der Waals surface area (Å²) in [6.07, 6.45) is 3.22. The lowest BCUT2D eigenvalue weighted by Gasteiger charge is -2.54. The smallest absolute Gasteiger partial charge is 0.211 e. The van der Waals surface area contributed by atoms with Crippen molar-refractivity contribution in [2.24, 2.45) is 5.41 Å². The highest BCUT2D eigenvalue weighted by molar-refractivity contribution is 5.73. The second-order valence-electron chi connectivity index (χ2n) is 5.20. The van der Waals surface area contributed by atoms with Gasteiger partial charge in [0.1, 0.15) is 0 Å². The molecule has 1 aromatic carbocycles. The zero-order valence-electron chi connectivity index (χ0n) is 9.70. The summed E-state index contributed by atoms with van der Waals surface area (Å²) in [4.78, 5) is 10.4. The predicted molar refractivity (Wildman–Crippen MR) is 68.1 cm³/mol. The quantitative estimate of drug-likeness (QED) is 0.687. The maximum absolute atomic E-state index is 10.4. The minimum atomic E-state index is 0.587. The normalized spacial score (nSPS) is 21.4. The molecular formula is C13H17N3O. The Hall–Kier alpha value is -1.55. The van der Waals surface area contributed by atoms with Gasteiger partial charge in [0.2, 0.25) is 6.41 Å². The molecule has 3 rings (SSSR count). The van der Waals surface area contributed by atoms with Crippen LogP contribution in [0.15, 0.2) is 24.3 Å². The van der Waals surface area contributed by atoms with Crippen molar-refractivity contribution >= 4 is 17.8 Å². The molecule has 1 spiro atoms. The molecule has 17 heavy (non-hydrogen) atoms. The van der Waals surface area contributed by atoms with Crippen LogP contribution in [0, 0.1) is 5.41 Å². The van der Waals surface area contributed by atoms with Crippen molar-refractivity contribution in [2.75, 3.05) is 23.7 Å². The van der Waals surface area contributed by atoms with Gasteiger partial charge in [-0.15, -0.1) is 0 Å². The van der Waals surface area contributed by atoms with Crippen LogP contribution in [0.3, 0.4) is 0 Å². The van der Waals surface area contributed by atoms with E-state index >= 15 is 0 Å². The Balaban J connectivity index is 1.58. The number of carbonyl (C=O) groups excluding carboxylic acids is 1. The van der Waals surface area contributed by atoms with Crippen LogP contribution in [0.4, 0.5) is 11.4 Å². The zero-order valence-corrected chi connectivity index (χ0v) is 9.70. The fourth-order valence-corrected chi connectivity index (χ4v) is 2.86. The van der Waals surface area contributed by atoms with Gasteiger partial charge in [-0.2, -0.15) is 0 Å². The van der Waals surface area contributed by atoms with Crippen LogP contribution in [0.5, 0.6) is 0 Å². The first-order chi connectivity index (χ1) is 8.30. The molecule has 0 radical (unpaired) electrons. The lowest BCUT2D eigenvalue weighted by molar-refractivity contribution is -0.105. The highest BCUT2D eigenvalue weighted by Crippen LogP contribution is 2.45. The van der Waals surface area contributed by atoms with Gasteiger partial charge in [-0.05, 0) is 36.5 Å². The third-order valence-corrected chi connectivity index (χ3v) is 3.82. The number of rotatable bonds is 4. The minimum Gasteiger partial charge on any atom is -0.382 e. The Morgan fingerprint density at radius 1 is 1.29 bits per heavy atom. The van der Waals surface area contributed by atoms with Gasteiger partial charge in [0.15, 0.2) is 0 Å². The summed E-state index contributed by atoms with van der Waals surface area (Å²) in [6, 6.07) is 8.44. The molecule has 4 nitrogen and oxygen atoms in total. The second kappa shape index (κ2) is 4.04. The maximum atomic E-state index is 10.4. The highest BCUT2D eigenvalue weighted by Gasteiger charge is 2.48. The average molecular weight is 231 g/mol. The topological polar surface area (TPSA) is 53.2 Å². The van der Waals surface area contributed by atoms with Crippen molar-refractivity contribution in [1.29, 1.82) is 0 Å². The fourth-order valence-electron chi connectivity index (χ4n) is 2.86. The maximum Gasteiger partial charge on any atom is 0.211 e. The molecule has 2 fully saturated rings. The Kier molecular flexibility index (Phi) is 2.52. The summed E-state index contributed by atoms with van der Waals surface area (Å²) < 4.78 is 0. The summed E-state index contributed by atoms with van der Waals surface area (Å²) in [6.45, 7) is 2.36. The van der Waals surface area contributed by atoms with Crippen molar-refractivity contribution in [3.05, 3.63) is 24.3 Å². The van der Waals surface area contributed by atoms with Gasteiger partial charge in [-0.3, -0.25) is 4.79 Å². The van der Waals surface area contributed by atoms with Gasteiger partial charge in [0.25, 0.3) is 0 Å². The van der Waals surface area contributed by atoms with Crippen LogP contribution in [-0.4, -0.2) is 25.5 Å². The van der Waals surface area contributed by atoms with Gasteiger partial charge in [-0.1, -0.05) is 6.07 Å². The molecule has 1 heterocycles. The van der Waals surface area contributed by atoms with Gasteiger partial charge < -0.3 is 16.0 Å². The molecule has 0 atom stereocenters. The van der Waals surface area contributed by atoms with E-state index < -0.39 is 0 Å². The van der Waals surface area contributed by atoms with Crippen LogP contribution in [0.1, 0.15) is 12.8 Å². The zero-order chi connectivity index (χ0) is 11.7. The van der Waals surface area contributed by atoms with E-state index in [1.807, 2.05) is 24.3 Å². The lowest BCUT2D eigenvalue weighted by Crippen LogP contribution is -2.63. The molecule has 1 amide bonds. The van der Waals surface area contributed by atoms with Crippen LogP contribution < -0.4 is 16.0 Å². The molecule has 1 aromatic rings. The molecule has 4 heteroatoms. The van der Waals surface area contributed by atoms with E-state index in [9.17, 15) is 4.79 Å². The Labute approximate surface area is 101 Å². The van der Waals surface area contributed by atoms with Crippen molar-refractivity contribution in [1.82, 2.24) is 5.32 Å². The van der Waals surface area contributed by atoms with E-state index in [0.717, 1.165) is 11.4 Å². The fraction of sp³-hybridized carbons (Fsp3) is 0.462. The van der Waals surface area contributed by atoms with Crippen LogP contribution in [-0.2, 0) is 4.79 Å². The van der Waals surface area contributed by atoms with Crippen molar-refractivity contribution in [2.45, 2.75) is 18.9 Å². The highest BCUT2D eigenvalue weighted by atomic mass is 16.1. The Morgan fingerprint density at radius 2 is 2.06 bits per heavy atom. The first kappa shape index (κ1) is 10.6. The predicted octanol–water partition coefficient (Wildman–Crippen LogP) is 1.42. The monoisotopic (exact) mass is 231 g/mol. The minimum absolute atomic E-state index is 0.587. The number of carbonyl (C=O) groups is 1. The number of nitrogens with one attached hydrogen (secondary N) is 3. The van der Waals surface area contributed by atoms with E-state index in [1.165, 1.54) is 25.9 Å². The SMILES string of the molecule is O=CNc1cccc(NC2CC3(CNC3)C2)c1. The van der Waals surface area contributed by atoms with Crippen LogP contribution in [0.25, 0.3) is 0 Å². The molecule has 3 N–H and O–H groups in total. The number of amides is 1. The largest absolute Gasteiger partial charge is 0.382 e. The van der Waals surface area contributed by atoms with Crippen molar-refractivity contribution in [3.63, 3.8) is 0 Å². The molecule has 0 unspecified atom stereocenters. The first-order valence-corrected chi connectivity index (χ1v) is 6.07. The molecular weight excluding hydrogens is 214 g/mol. The van der Waals surface area contributed by atoms with E-state index in [0.29, 0.717) is 17.9 Å². The standard InChI is InChI=1S/C13H17N3O/c17-9-15-10-2-1-3-11(4-10)16-12-5-13(6-12)7-14-8-13/h1-4,9,12,14,16H,5-8H2,(H,15,17). The summed E-state index contributed by atoms with van der Waals surface area (Å²) in [7, 11) is 0. The molecule has 1 saturated heterocycles. The Morgan fingerprint density at radius 3 is 2.71 bits per heavy atom. The number of hydrogen-bond acceptors (Lipinski definition) is 3. The van der Waals surface area contributed by atoms with Gasteiger partial charge in [0, 0.05) is 30.5 Å². The second-order valence-corrected chi connectivity index (χ2v) is 5.20. The average Bonchev–Trinajstić information content (AvgIpc) is 2.21. The molecule has 1 aliphatic carbocycles. The van der Waals surface area contributed by atoms with E-state index in [-0.39, 0.29) is 0 Å². The molecule has 90 valence electrons. The Bertz CT molecular complexity index is 420. The third kappa shape index (κ3) is 2.00. The van der Waals surface area contributed by atoms with E-state index in [2.05, 4.69) is 16.0 Å². The molecule has 1 aliphatic heterocycles. The lowest BCUT2D eigenvalue weighted by atomic mass is 9.61. The van der Waals surface area contributed by atoms with Gasteiger partial charge in [0.05, 0.1) is 0 Å². The van der Waals surface area contributed by atoms with Gasteiger partial charge >= 0.3 is 0 Å². The summed E-state index contributed by atoms with van der Waals surface area (Å²) in [5, 5.41) is 9.52. The summed E-state index contributed by atoms with van der Waals surface area (Å²) >= 11 is 0. The molecule has 2 aliphatic rings.